The molecule has 18 heavy (non-hydrogen) atoms. The van der Waals surface area contributed by atoms with Crippen molar-refractivity contribution in [1.29, 1.82) is 5.26 Å². The third-order valence-corrected chi connectivity index (χ3v) is 3.16. The summed E-state index contributed by atoms with van der Waals surface area (Å²) in [6.07, 6.45) is 0.745. The van der Waals surface area contributed by atoms with E-state index in [-0.39, 0.29) is 5.41 Å². The lowest BCUT2D eigenvalue weighted by Gasteiger charge is -2.16. The van der Waals surface area contributed by atoms with Gasteiger partial charge in [0.05, 0.1) is 18.1 Å². The fraction of sp³-hybridized carbons (Fsp3) is 0.562. The number of nitrogens with zero attached hydrogens (tertiary/aromatic N) is 1. The SMILES string of the molecule is Cc1cc(OCCC(C)(C)C#N)ccc1C(C)C. The first kappa shape index (κ1) is 14.6. The van der Waals surface area contributed by atoms with Crippen LogP contribution in [0.2, 0.25) is 0 Å². The molecule has 0 bridgehead atoms. The minimum atomic E-state index is -0.313. The van der Waals surface area contributed by atoms with Gasteiger partial charge in [-0.1, -0.05) is 19.9 Å². The van der Waals surface area contributed by atoms with Gasteiger partial charge in [0.1, 0.15) is 5.75 Å². The molecule has 0 N–H and O–H groups in total. The van der Waals surface area contributed by atoms with Gasteiger partial charge in [-0.05, 0) is 56.4 Å². The van der Waals surface area contributed by atoms with Crippen molar-refractivity contribution >= 4 is 0 Å². The molecule has 0 heterocycles. The highest BCUT2D eigenvalue weighted by molar-refractivity contribution is 5.36. The second kappa shape index (κ2) is 5.91. The first-order valence-electron chi connectivity index (χ1n) is 6.50. The number of nitriles is 1. The van der Waals surface area contributed by atoms with E-state index < -0.39 is 0 Å². The number of rotatable bonds is 5. The van der Waals surface area contributed by atoms with Crippen LogP contribution in [-0.4, -0.2) is 6.61 Å². The highest BCUT2D eigenvalue weighted by Gasteiger charge is 2.16. The van der Waals surface area contributed by atoms with Crippen molar-refractivity contribution in [3.63, 3.8) is 0 Å². The highest BCUT2D eigenvalue weighted by atomic mass is 16.5. The number of aryl methyl sites for hydroxylation is 1. The molecule has 0 fully saturated rings. The van der Waals surface area contributed by atoms with Crippen molar-refractivity contribution in [3.05, 3.63) is 29.3 Å². The predicted molar refractivity (Wildman–Crippen MR) is 74.8 cm³/mol. The second-order valence-electron chi connectivity index (χ2n) is 5.77. The van der Waals surface area contributed by atoms with Crippen LogP contribution in [-0.2, 0) is 0 Å². The Labute approximate surface area is 111 Å². The zero-order chi connectivity index (χ0) is 13.8. The Morgan fingerprint density at radius 3 is 2.50 bits per heavy atom. The van der Waals surface area contributed by atoms with Gasteiger partial charge in [0.2, 0.25) is 0 Å². The molecule has 0 aromatic heterocycles. The van der Waals surface area contributed by atoms with Crippen molar-refractivity contribution in [2.45, 2.75) is 47.0 Å². The topological polar surface area (TPSA) is 33.0 Å². The maximum atomic E-state index is 8.93. The molecule has 2 heteroatoms. The van der Waals surface area contributed by atoms with Crippen LogP contribution in [0.4, 0.5) is 0 Å². The largest absolute Gasteiger partial charge is 0.494 e. The van der Waals surface area contributed by atoms with Crippen molar-refractivity contribution in [2.24, 2.45) is 5.41 Å². The van der Waals surface area contributed by atoms with Gasteiger partial charge >= 0.3 is 0 Å². The van der Waals surface area contributed by atoms with E-state index in [1.807, 2.05) is 19.9 Å². The number of benzene rings is 1. The Bertz CT molecular complexity index is 441. The first-order chi connectivity index (χ1) is 8.35. The van der Waals surface area contributed by atoms with Crippen LogP contribution in [0.25, 0.3) is 0 Å². The summed E-state index contributed by atoms with van der Waals surface area (Å²) < 4.78 is 5.71. The van der Waals surface area contributed by atoms with E-state index >= 15 is 0 Å². The van der Waals surface area contributed by atoms with E-state index in [4.69, 9.17) is 10.00 Å². The van der Waals surface area contributed by atoms with E-state index in [0.29, 0.717) is 12.5 Å². The summed E-state index contributed by atoms with van der Waals surface area (Å²) in [6, 6.07) is 8.51. The van der Waals surface area contributed by atoms with Crippen LogP contribution in [0.1, 0.15) is 51.2 Å². The summed E-state index contributed by atoms with van der Waals surface area (Å²) in [4.78, 5) is 0. The molecule has 98 valence electrons. The van der Waals surface area contributed by atoms with Gasteiger partial charge in [0, 0.05) is 0 Å². The normalized spacial score (nSPS) is 11.4. The Hall–Kier alpha value is -1.49. The predicted octanol–water partition coefficient (Wildman–Crippen LogP) is 4.44. The van der Waals surface area contributed by atoms with Gasteiger partial charge < -0.3 is 4.74 Å². The maximum Gasteiger partial charge on any atom is 0.119 e. The van der Waals surface area contributed by atoms with Crippen molar-refractivity contribution in [3.8, 4) is 11.8 Å². The molecule has 0 saturated carbocycles. The zero-order valence-corrected chi connectivity index (χ0v) is 12.1. The molecule has 0 spiro atoms. The van der Waals surface area contributed by atoms with E-state index in [2.05, 4.69) is 39.0 Å². The molecular weight excluding hydrogens is 222 g/mol. The molecule has 1 aromatic rings. The quantitative estimate of drug-likeness (QED) is 0.768. The first-order valence-corrected chi connectivity index (χ1v) is 6.50. The van der Waals surface area contributed by atoms with Gasteiger partial charge in [-0.15, -0.1) is 0 Å². The van der Waals surface area contributed by atoms with Gasteiger partial charge in [-0.2, -0.15) is 5.26 Å². The van der Waals surface area contributed by atoms with Crippen LogP contribution in [0.5, 0.6) is 5.75 Å². The summed E-state index contributed by atoms with van der Waals surface area (Å²) >= 11 is 0. The Balaban J connectivity index is 2.60. The molecule has 0 aliphatic carbocycles. The van der Waals surface area contributed by atoms with Crippen molar-refractivity contribution in [1.82, 2.24) is 0 Å². The fourth-order valence-corrected chi connectivity index (χ4v) is 1.87. The van der Waals surface area contributed by atoms with E-state index in [1.54, 1.807) is 0 Å². The molecular formula is C16H23NO. The molecule has 0 radical (unpaired) electrons. The van der Waals surface area contributed by atoms with E-state index in [9.17, 15) is 0 Å². The lowest BCUT2D eigenvalue weighted by atomic mass is 9.92. The van der Waals surface area contributed by atoms with E-state index in [1.165, 1.54) is 11.1 Å². The number of ether oxygens (including phenoxy) is 1. The Morgan fingerprint density at radius 1 is 1.33 bits per heavy atom. The summed E-state index contributed by atoms with van der Waals surface area (Å²) in [5, 5.41) is 8.93. The van der Waals surface area contributed by atoms with Gasteiger partial charge in [0.15, 0.2) is 0 Å². The summed E-state index contributed by atoms with van der Waals surface area (Å²) in [7, 11) is 0. The standard InChI is InChI=1S/C16H23NO/c1-12(2)15-7-6-14(10-13(15)3)18-9-8-16(4,5)11-17/h6-7,10,12H,8-9H2,1-5H3. The van der Waals surface area contributed by atoms with Crippen LogP contribution in [0.3, 0.4) is 0 Å². The maximum absolute atomic E-state index is 8.93. The average molecular weight is 245 g/mol. The zero-order valence-electron chi connectivity index (χ0n) is 12.1. The molecule has 0 atom stereocenters. The summed E-state index contributed by atoms with van der Waals surface area (Å²) in [5.74, 6) is 1.43. The molecule has 0 aliphatic rings. The van der Waals surface area contributed by atoms with Crippen LogP contribution < -0.4 is 4.74 Å². The molecule has 1 aromatic carbocycles. The van der Waals surface area contributed by atoms with Crippen molar-refractivity contribution in [2.75, 3.05) is 6.61 Å². The van der Waals surface area contributed by atoms with Crippen molar-refractivity contribution < 1.29 is 4.74 Å². The Kier molecular flexibility index (Phi) is 4.78. The smallest absolute Gasteiger partial charge is 0.119 e. The van der Waals surface area contributed by atoms with Crippen LogP contribution in [0, 0.1) is 23.7 Å². The minimum absolute atomic E-state index is 0.313. The number of hydrogen-bond acceptors (Lipinski definition) is 2. The Morgan fingerprint density at radius 2 is 2.00 bits per heavy atom. The molecule has 0 aliphatic heterocycles. The molecule has 0 unspecified atom stereocenters. The average Bonchev–Trinajstić information content (AvgIpc) is 2.28. The minimum Gasteiger partial charge on any atom is -0.494 e. The lowest BCUT2D eigenvalue weighted by molar-refractivity contribution is 0.264. The van der Waals surface area contributed by atoms with Crippen LogP contribution in [0.15, 0.2) is 18.2 Å². The van der Waals surface area contributed by atoms with Gasteiger partial charge in [-0.3, -0.25) is 0 Å². The van der Waals surface area contributed by atoms with Gasteiger partial charge in [-0.25, -0.2) is 0 Å². The summed E-state index contributed by atoms with van der Waals surface area (Å²) in [6.45, 7) is 11.0. The van der Waals surface area contributed by atoms with Gasteiger partial charge in [0.25, 0.3) is 0 Å². The molecule has 2 nitrogen and oxygen atoms in total. The second-order valence-corrected chi connectivity index (χ2v) is 5.77. The number of hydrogen-bond donors (Lipinski definition) is 0. The fourth-order valence-electron chi connectivity index (χ4n) is 1.87. The molecule has 0 saturated heterocycles. The lowest BCUT2D eigenvalue weighted by Crippen LogP contribution is -2.13. The molecule has 1 rings (SSSR count). The summed E-state index contributed by atoms with van der Waals surface area (Å²) in [5.41, 5.74) is 2.31. The third-order valence-electron chi connectivity index (χ3n) is 3.16. The third kappa shape index (κ3) is 4.07. The van der Waals surface area contributed by atoms with Crippen LogP contribution >= 0.6 is 0 Å². The van der Waals surface area contributed by atoms with E-state index in [0.717, 1.165) is 12.2 Å². The highest BCUT2D eigenvalue weighted by Crippen LogP contribution is 2.24. The molecule has 0 amide bonds. The monoisotopic (exact) mass is 245 g/mol.